The second-order valence-corrected chi connectivity index (χ2v) is 7.57. The molecule has 0 N–H and O–H groups in total. The third-order valence-corrected chi connectivity index (χ3v) is 5.73. The van der Waals surface area contributed by atoms with Gasteiger partial charge in [-0.25, -0.2) is 0 Å². The van der Waals surface area contributed by atoms with Crippen molar-refractivity contribution in [3.05, 3.63) is 77.4 Å². The summed E-state index contributed by atoms with van der Waals surface area (Å²) in [7, 11) is 0. The van der Waals surface area contributed by atoms with E-state index in [0.717, 1.165) is 25.6 Å². The average Bonchev–Trinajstić information content (AvgIpc) is 2.72. The number of rotatable bonds is 8. The molecular weight excluding hydrogens is 316 g/mol. The smallest absolute Gasteiger partial charge is 0.0716 e. The molecule has 0 amide bonds. The maximum absolute atomic E-state index is 5.72. The molecule has 2 aromatic carbocycles. The van der Waals surface area contributed by atoms with Crippen molar-refractivity contribution in [1.29, 1.82) is 0 Å². The molecule has 1 nitrogen and oxygen atoms in total. The highest BCUT2D eigenvalue weighted by molar-refractivity contribution is 5.47. The lowest BCUT2D eigenvalue weighted by atomic mass is 9.76. The fraction of sp³-hybridized carbons (Fsp3) is 0.440. The van der Waals surface area contributed by atoms with Gasteiger partial charge >= 0.3 is 0 Å². The fourth-order valence-corrected chi connectivity index (χ4v) is 3.99. The van der Waals surface area contributed by atoms with Crippen LogP contribution in [0.5, 0.6) is 0 Å². The van der Waals surface area contributed by atoms with E-state index in [1.165, 1.54) is 54.4 Å². The first-order valence-electron chi connectivity index (χ1n) is 10.2. The molecule has 0 saturated heterocycles. The van der Waals surface area contributed by atoms with Gasteiger partial charge in [0.25, 0.3) is 0 Å². The van der Waals surface area contributed by atoms with E-state index in [2.05, 4.69) is 62.0 Å². The lowest BCUT2D eigenvalue weighted by molar-refractivity contribution is 0.118. The van der Waals surface area contributed by atoms with Crippen LogP contribution in [0, 0.1) is 0 Å². The lowest BCUT2D eigenvalue weighted by Gasteiger charge is -2.29. The van der Waals surface area contributed by atoms with Crippen molar-refractivity contribution < 1.29 is 4.74 Å². The molecule has 2 aromatic rings. The number of hydrogen-bond acceptors (Lipinski definition) is 1. The molecule has 0 radical (unpaired) electrons. The highest BCUT2D eigenvalue weighted by atomic mass is 16.5. The molecule has 0 heterocycles. The van der Waals surface area contributed by atoms with Crippen LogP contribution in [-0.2, 0) is 11.3 Å². The molecule has 1 aliphatic carbocycles. The Morgan fingerprint density at radius 1 is 0.885 bits per heavy atom. The zero-order chi connectivity index (χ0) is 18.2. The van der Waals surface area contributed by atoms with Crippen LogP contribution in [0.1, 0.15) is 79.5 Å². The topological polar surface area (TPSA) is 9.23 Å². The second kappa shape index (κ2) is 9.73. The Morgan fingerprint density at radius 3 is 1.92 bits per heavy atom. The molecule has 0 bridgehead atoms. The quantitative estimate of drug-likeness (QED) is 0.463. The first kappa shape index (κ1) is 18.9. The molecule has 26 heavy (non-hydrogen) atoms. The fourth-order valence-electron chi connectivity index (χ4n) is 3.99. The summed E-state index contributed by atoms with van der Waals surface area (Å²) in [5.74, 6) is 1.44. The summed E-state index contributed by atoms with van der Waals surface area (Å²) in [4.78, 5) is 0. The standard InChI is InChI=1S/C25H32O/c1-3-5-18-26-19-21-8-12-23(13-9-21)25-16-14-24(15-17-25)22-10-6-20(4-2)7-11-22/h4,6-13,24-25H,2-3,5,14-19H2,1H3. The average molecular weight is 349 g/mol. The van der Waals surface area contributed by atoms with Gasteiger partial charge < -0.3 is 4.74 Å². The molecular formula is C25H32O. The second-order valence-electron chi connectivity index (χ2n) is 7.57. The Labute approximate surface area is 159 Å². The van der Waals surface area contributed by atoms with Crippen LogP contribution in [0.3, 0.4) is 0 Å². The van der Waals surface area contributed by atoms with E-state index >= 15 is 0 Å². The van der Waals surface area contributed by atoms with Crippen molar-refractivity contribution in [2.24, 2.45) is 0 Å². The molecule has 138 valence electrons. The van der Waals surface area contributed by atoms with Gasteiger partial charge in [0, 0.05) is 6.61 Å². The zero-order valence-corrected chi connectivity index (χ0v) is 16.1. The van der Waals surface area contributed by atoms with Gasteiger partial charge in [-0.1, -0.05) is 74.5 Å². The van der Waals surface area contributed by atoms with Gasteiger partial charge in [-0.05, 0) is 66.2 Å². The molecule has 1 heteroatoms. The highest BCUT2D eigenvalue weighted by Crippen LogP contribution is 2.40. The Morgan fingerprint density at radius 2 is 1.42 bits per heavy atom. The normalized spacial score (nSPS) is 20.0. The molecule has 1 fully saturated rings. The van der Waals surface area contributed by atoms with Crippen molar-refractivity contribution >= 4 is 6.08 Å². The van der Waals surface area contributed by atoms with Crippen LogP contribution < -0.4 is 0 Å². The summed E-state index contributed by atoms with van der Waals surface area (Å²) in [5, 5.41) is 0. The zero-order valence-electron chi connectivity index (χ0n) is 16.1. The Hall–Kier alpha value is -1.86. The van der Waals surface area contributed by atoms with Gasteiger partial charge in [0.15, 0.2) is 0 Å². The molecule has 1 saturated carbocycles. The molecule has 0 aromatic heterocycles. The number of ether oxygens (including phenoxy) is 1. The van der Waals surface area contributed by atoms with Crippen molar-refractivity contribution in [3.63, 3.8) is 0 Å². The minimum Gasteiger partial charge on any atom is -0.377 e. The summed E-state index contributed by atoms with van der Waals surface area (Å²) in [6.07, 6.45) is 9.43. The van der Waals surface area contributed by atoms with Gasteiger partial charge in [0.1, 0.15) is 0 Å². The van der Waals surface area contributed by atoms with Crippen LogP contribution in [0.4, 0.5) is 0 Å². The largest absolute Gasteiger partial charge is 0.377 e. The van der Waals surface area contributed by atoms with Crippen LogP contribution in [0.25, 0.3) is 6.08 Å². The summed E-state index contributed by atoms with van der Waals surface area (Å²) in [6, 6.07) is 18.1. The molecule has 0 atom stereocenters. The Balaban J connectivity index is 1.50. The van der Waals surface area contributed by atoms with Crippen LogP contribution >= 0.6 is 0 Å². The minimum atomic E-state index is 0.716. The van der Waals surface area contributed by atoms with Crippen molar-refractivity contribution in [3.8, 4) is 0 Å². The van der Waals surface area contributed by atoms with Crippen molar-refractivity contribution in [1.82, 2.24) is 0 Å². The highest BCUT2D eigenvalue weighted by Gasteiger charge is 2.23. The lowest BCUT2D eigenvalue weighted by Crippen LogP contribution is -2.12. The van der Waals surface area contributed by atoms with E-state index in [0.29, 0.717) is 5.92 Å². The molecule has 1 aliphatic rings. The van der Waals surface area contributed by atoms with E-state index < -0.39 is 0 Å². The Kier molecular flexibility index (Phi) is 7.08. The van der Waals surface area contributed by atoms with E-state index in [-0.39, 0.29) is 0 Å². The van der Waals surface area contributed by atoms with Crippen molar-refractivity contribution in [2.75, 3.05) is 6.61 Å². The van der Waals surface area contributed by atoms with Gasteiger partial charge in [0.2, 0.25) is 0 Å². The summed E-state index contributed by atoms with van der Waals surface area (Å²) in [6.45, 7) is 7.65. The van der Waals surface area contributed by atoms with Crippen LogP contribution in [-0.4, -0.2) is 6.61 Å². The van der Waals surface area contributed by atoms with E-state index in [1.54, 1.807) is 0 Å². The number of benzene rings is 2. The van der Waals surface area contributed by atoms with E-state index in [4.69, 9.17) is 4.74 Å². The number of hydrogen-bond donors (Lipinski definition) is 0. The van der Waals surface area contributed by atoms with Gasteiger partial charge in [-0.2, -0.15) is 0 Å². The van der Waals surface area contributed by atoms with Crippen LogP contribution in [0.2, 0.25) is 0 Å². The summed E-state index contributed by atoms with van der Waals surface area (Å²) in [5.41, 5.74) is 5.50. The minimum absolute atomic E-state index is 0.716. The van der Waals surface area contributed by atoms with E-state index in [1.807, 2.05) is 6.08 Å². The maximum Gasteiger partial charge on any atom is 0.0716 e. The SMILES string of the molecule is C=Cc1ccc(C2CCC(c3ccc(COCCCC)cc3)CC2)cc1. The predicted octanol–water partition coefficient (Wildman–Crippen LogP) is 7.09. The van der Waals surface area contributed by atoms with Crippen LogP contribution in [0.15, 0.2) is 55.1 Å². The monoisotopic (exact) mass is 348 g/mol. The molecule has 0 unspecified atom stereocenters. The predicted molar refractivity (Wildman–Crippen MR) is 111 cm³/mol. The summed E-state index contributed by atoms with van der Waals surface area (Å²) >= 11 is 0. The molecule has 3 rings (SSSR count). The molecule has 0 spiro atoms. The molecule has 0 aliphatic heterocycles. The number of unbranched alkanes of at least 4 members (excludes halogenated alkanes) is 1. The Bertz CT molecular complexity index is 660. The third-order valence-electron chi connectivity index (χ3n) is 5.73. The first-order chi connectivity index (χ1) is 12.8. The van der Waals surface area contributed by atoms with Gasteiger partial charge in [0.05, 0.1) is 6.61 Å². The van der Waals surface area contributed by atoms with E-state index in [9.17, 15) is 0 Å². The van der Waals surface area contributed by atoms with Gasteiger partial charge in [-0.3, -0.25) is 0 Å². The third kappa shape index (κ3) is 5.08. The first-order valence-corrected chi connectivity index (χ1v) is 10.2. The summed E-state index contributed by atoms with van der Waals surface area (Å²) < 4.78 is 5.72. The van der Waals surface area contributed by atoms with Gasteiger partial charge in [-0.15, -0.1) is 0 Å². The maximum atomic E-state index is 5.72. The van der Waals surface area contributed by atoms with Crippen molar-refractivity contribution in [2.45, 2.75) is 63.9 Å².